The van der Waals surface area contributed by atoms with Gasteiger partial charge in [-0.05, 0) is 42.5 Å². The van der Waals surface area contributed by atoms with Gasteiger partial charge in [0.25, 0.3) is 5.91 Å². The first-order chi connectivity index (χ1) is 18.1. The molecule has 1 aromatic heterocycles. The van der Waals surface area contributed by atoms with Crippen molar-refractivity contribution in [1.29, 1.82) is 0 Å². The first-order valence-corrected chi connectivity index (χ1v) is 14.0. The minimum absolute atomic E-state index is 0.0674. The lowest BCUT2D eigenvalue weighted by molar-refractivity contribution is -0.117. The summed E-state index contributed by atoms with van der Waals surface area (Å²) in [6.07, 6.45) is 2.74. The monoisotopic (exact) mass is 555 g/mol. The number of rotatable bonds is 6. The Morgan fingerprint density at radius 1 is 1.03 bits per heavy atom. The van der Waals surface area contributed by atoms with Gasteiger partial charge in [0.2, 0.25) is 16.0 Å². The van der Waals surface area contributed by atoms with Crippen molar-refractivity contribution >= 4 is 62.0 Å². The van der Waals surface area contributed by atoms with E-state index in [-0.39, 0.29) is 11.7 Å². The van der Waals surface area contributed by atoms with E-state index < -0.39 is 10.0 Å². The number of anilines is 6. The Kier molecular flexibility index (Phi) is 6.86. The molecular formula is C25H26ClN7O4S. The normalized spacial score (nSPS) is 16.2. The Morgan fingerprint density at radius 2 is 1.71 bits per heavy atom. The summed E-state index contributed by atoms with van der Waals surface area (Å²) in [5, 5.41) is 6.67. The highest BCUT2D eigenvalue weighted by Crippen LogP contribution is 2.37. The third-order valence-corrected chi connectivity index (χ3v) is 7.88. The molecular weight excluding hydrogens is 530 g/mol. The predicted molar refractivity (Wildman–Crippen MR) is 148 cm³/mol. The molecule has 2 aliphatic rings. The fraction of sp³-hybridized carbons (Fsp3) is 0.240. The highest BCUT2D eigenvalue weighted by molar-refractivity contribution is 7.88. The van der Waals surface area contributed by atoms with Gasteiger partial charge < -0.3 is 25.2 Å². The third-order valence-electron chi connectivity index (χ3n) is 6.30. The number of fused-ring (bicyclic) bond motifs is 1. The summed E-state index contributed by atoms with van der Waals surface area (Å²) in [6, 6.07) is 13.0. The van der Waals surface area contributed by atoms with Gasteiger partial charge in [0, 0.05) is 50.3 Å². The number of ether oxygens (including phenoxy) is 1. The van der Waals surface area contributed by atoms with Crippen molar-refractivity contribution in [2.45, 2.75) is 0 Å². The molecule has 3 aromatic rings. The number of carbonyl (C=O) groups excluding carboxylic acids is 1. The van der Waals surface area contributed by atoms with Crippen molar-refractivity contribution in [2.24, 2.45) is 0 Å². The van der Waals surface area contributed by atoms with E-state index in [0.717, 1.165) is 11.4 Å². The molecule has 0 atom stereocenters. The molecule has 1 fully saturated rings. The number of piperazine rings is 1. The number of amides is 1. The Hall–Kier alpha value is -3.87. The van der Waals surface area contributed by atoms with Gasteiger partial charge in [-0.15, -0.1) is 0 Å². The van der Waals surface area contributed by atoms with Crippen molar-refractivity contribution in [3.63, 3.8) is 0 Å². The van der Waals surface area contributed by atoms with Crippen molar-refractivity contribution < 1.29 is 17.9 Å². The standard InChI is InChI=1S/C25H26ClN7O4S/c1-16-24(34)31(2)21-14-18(6-9-22(21)37-16)28-23-20(26)15-27-25(30-23)29-17-4-7-19(8-5-17)32-10-12-33(13-11-32)38(3,35)36/h4-9,14-15H,1,10-13H2,2-3H3,(H2,27,28,29,30). The van der Waals surface area contributed by atoms with Crippen LogP contribution in [0.2, 0.25) is 5.02 Å². The van der Waals surface area contributed by atoms with Crippen molar-refractivity contribution in [1.82, 2.24) is 14.3 Å². The summed E-state index contributed by atoms with van der Waals surface area (Å²) in [5.74, 6) is 1.01. The summed E-state index contributed by atoms with van der Waals surface area (Å²) in [4.78, 5) is 24.6. The molecule has 0 unspecified atom stereocenters. The van der Waals surface area contributed by atoms with E-state index in [1.807, 2.05) is 24.3 Å². The maximum absolute atomic E-state index is 12.2. The van der Waals surface area contributed by atoms with Crippen LogP contribution in [0.4, 0.5) is 34.5 Å². The first-order valence-electron chi connectivity index (χ1n) is 11.7. The van der Waals surface area contributed by atoms with Gasteiger partial charge in [-0.3, -0.25) is 4.79 Å². The second-order valence-corrected chi connectivity index (χ2v) is 11.3. The van der Waals surface area contributed by atoms with Gasteiger partial charge in [0.1, 0.15) is 5.02 Å². The van der Waals surface area contributed by atoms with Crippen LogP contribution in [0.3, 0.4) is 0 Å². The molecule has 0 spiro atoms. The van der Waals surface area contributed by atoms with Crippen LogP contribution in [0.15, 0.2) is 61.0 Å². The zero-order valence-electron chi connectivity index (χ0n) is 20.8. The molecule has 1 amide bonds. The summed E-state index contributed by atoms with van der Waals surface area (Å²) >= 11 is 6.35. The van der Waals surface area contributed by atoms with Crippen LogP contribution >= 0.6 is 11.6 Å². The van der Waals surface area contributed by atoms with E-state index >= 15 is 0 Å². The Labute approximate surface area is 225 Å². The molecule has 0 radical (unpaired) electrons. The van der Waals surface area contributed by atoms with Crippen LogP contribution in [0.1, 0.15) is 0 Å². The fourth-order valence-corrected chi connectivity index (χ4v) is 5.20. The van der Waals surface area contributed by atoms with Gasteiger partial charge in [-0.2, -0.15) is 9.29 Å². The number of halogens is 1. The zero-order chi connectivity index (χ0) is 27.0. The average molecular weight is 556 g/mol. The third kappa shape index (κ3) is 5.37. The molecule has 0 saturated carbocycles. The van der Waals surface area contributed by atoms with E-state index in [0.29, 0.717) is 60.1 Å². The minimum Gasteiger partial charge on any atom is -0.450 e. The van der Waals surface area contributed by atoms with Crippen molar-refractivity contribution in [3.05, 3.63) is 66.0 Å². The minimum atomic E-state index is -3.17. The molecule has 11 nitrogen and oxygen atoms in total. The SMILES string of the molecule is C=C1Oc2ccc(Nc3nc(Nc4ccc(N5CCN(S(C)(=O)=O)CC5)cc4)ncc3Cl)cc2N(C)C1=O. The molecule has 198 valence electrons. The summed E-state index contributed by atoms with van der Waals surface area (Å²) in [5.41, 5.74) is 3.04. The first kappa shape index (κ1) is 25.8. The smallest absolute Gasteiger partial charge is 0.293 e. The molecule has 2 aliphatic heterocycles. The van der Waals surface area contributed by atoms with Gasteiger partial charge in [-0.25, -0.2) is 13.4 Å². The topological polar surface area (TPSA) is 120 Å². The Balaban J connectivity index is 1.26. The molecule has 0 aliphatic carbocycles. The highest BCUT2D eigenvalue weighted by atomic mass is 35.5. The maximum atomic E-state index is 12.2. The predicted octanol–water partition coefficient (Wildman–Crippen LogP) is 3.57. The molecule has 0 bridgehead atoms. The van der Waals surface area contributed by atoms with Gasteiger partial charge in [0.15, 0.2) is 17.3 Å². The van der Waals surface area contributed by atoms with Gasteiger partial charge >= 0.3 is 0 Å². The number of sulfonamides is 1. The van der Waals surface area contributed by atoms with Crippen molar-refractivity contribution in [2.75, 3.05) is 59.9 Å². The molecule has 38 heavy (non-hydrogen) atoms. The summed E-state index contributed by atoms with van der Waals surface area (Å²) in [7, 11) is -1.51. The second kappa shape index (κ2) is 10.1. The summed E-state index contributed by atoms with van der Waals surface area (Å²) < 4.78 is 30.5. The number of likely N-dealkylation sites (N-methyl/N-ethyl adjacent to an activating group) is 1. The van der Waals surface area contributed by atoms with Crippen LogP contribution in [0, 0.1) is 0 Å². The molecule has 13 heteroatoms. The number of carbonyl (C=O) groups is 1. The van der Waals surface area contributed by atoms with Crippen LogP contribution in [-0.2, 0) is 14.8 Å². The molecule has 5 rings (SSSR count). The number of nitrogens with zero attached hydrogens (tertiary/aromatic N) is 5. The summed E-state index contributed by atoms with van der Waals surface area (Å²) in [6.45, 7) is 5.82. The maximum Gasteiger partial charge on any atom is 0.293 e. The molecule has 1 saturated heterocycles. The zero-order valence-corrected chi connectivity index (χ0v) is 22.4. The highest BCUT2D eigenvalue weighted by Gasteiger charge is 2.26. The lowest BCUT2D eigenvalue weighted by atomic mass is 10.2. The number of hydrogen-bond donors (Lipinski definition) is 2. The van der Waals surface area contributed by atoms with E-state index in [1.54, 1.807) is 25.2 Å². The Morgan fingerprint density at radius 3 is 2.39 bits per heavy atom. The van der Waals surface area contributed by atoms with Crippen LogP contribution in [-0.4, -0.2) is 68.1 Å². The number of benzene rings is 2. The van der Waals surface area contributed by atoms with E-state index in [1.165, 1.54) is 21.7 Å². The van der Waals surface area contributed by atoms with E-state index in [4.69, 9.17) is 16.3 Å². The van der Waals surface area contributed by atoms with Crippen LogP contribution < -0.4 is 25.2 Å². The number of hydrogen-bond acceptors (Lipinski definition) is 9. The fourth-order valence-electron chi connectivity index (χ4n) is 4.23. The van der Waals surface area contributed by atoms with Crippen LogP contribution in [0.25, 0.3) is 0 Å². The lowest BCUT2D eigenvalue weighted by Gasteiger charge is -2.34. The largest absolute Gasteiger partial charge is 0.450 e. The van der Waals surface area contributed by atoms with E-state index in [9.17, 15) is 13.2 Å². The molecule has 3 heterocycles. The van der Waals surface area contributed by atoms with Crippen LogP contribution in [0.5, 0.6) is 5.75 Å². The quantitative estimate of drug-likeness (QED) is 0.440. The second-order valence-electron chi connectivity index (χ2n) is 8.91. The van der Waals surface area contributed by atoms with Crippen molar-refractivity contribution in [3.8, 4) is 5.75 Å². The lowest BCUT2D eigenvalue weighted by Crippen LogP contribution is -2.48. The van der Waals surface area contributed by atoms with Gasteiger partial charge in [-0.1, -0.05) is 18.2 Å². The molecule has 2 N–H and O–H groups in total. The Bertz CT molecular complexity index is 1510. The van der Waals surface area contributed by atoms with Gasteiger partial charge in [0.05, 0.1) is 18.1 Å². The number of aromatic nitrogens is 2. The van der Waals surface area contributed by atoms with E-state index in [2.05, 4.69) is 32.1 Å². The number of nitrogens with one attached hydrogen (secondary N) is 2. The molecule has 2 aromatic carbocycles. The average Bonchev–Trinajstić information content (AvgIpc) is 2.90.